The first-order valence-corrected chi connectivity index (χ1v) is 8.80. The van der Waals surface area contributed by atoms with E-state index >= 15 is 0 Å². The highest BCUT2D eigenvalue weighted by Gasteiger charge is 2.25. The lowest BCUT2D eigenvalue weighted by Crippen LogP contribution is -2.36. The van der Waals surface area contributed by atoms with E-state index < -0.39 is 0 Å². The monoisotopic (exact) mass is 340 g/mol. The normalized spacial score (nSPS) is 13.7. The number of aryl methyl sites for hydroxylation is 2. The van der Waals surface area contributed by atoms with E-state index in [1.54, 1.807) is 4.90 Å². The molecule has 0 spiro atoms. The summed E-state index contributed by atoms with van der Waals surface area (Å²) in [6.45, 7) is 5.84. The molecule has 1 aliphatic heterocycles. The van der Waals surface area contributed by atoms with Gasteiger partial charge in [-0.15, -0.1) is 0 Å². The van der Waals surface area contributed by atoms with Crippen LogP contribution in [0.15, 0.2) is 30.3 Å². The highest BCUT2D eigenvalue weighted by atomic mass is 16.2. The predicted octanol–water partition coefficient (Wildman–Crippen LogP) is 2.66. The topological polar surface area (TPSA) is 67.2 Å². The van der Waals surface area contributed by atoms with Crippen molar-refractivity contribution < 1.29 is 9.59 Å². The molecule has 1 aromatic heterocycles. The van der Waals surface area contributed by atoms with Gasteiger partial charge in [-0.25, -0.2) is 4.68 Å². The molecule has 0 radical (unpaired) electrons. The number of rotatable bonds is 6. The molecule has 0 saturated heterocycles. The Morgan fingerprint density at radius 1 is 1.28 bits per heavy atom. The van der Waals surface area contributed by atoms with Gasteiger partial charge < -0.3 is 5.32 Å². The van der Waals surface area contributed by atoms with E-state index in [0.29, 0.717) is 31.6 Å². The Morgan fingerprint density at radius 2 is 2.04 bits per heavy atom. The number of benzene rings is 1. The van der Waals surface area contributed by atoms with Crippen molar-refractivity contribution in [2.45, 2.75) is 46.2 Å². The third-order valence-corrected chi connectivity index (χ3v) is 4.37. The zero-order valence-electron chi connectivity index (χ0n) is 14.8. The zero-order valence-corrected chi connectivity index (χ0v) is 14.8. The maximum atomic E-state index is 12.3. The second-order valence-electron chi connectivity index (χ2n) is 6.40. The smallest absolute Gasteiger partial charge is 0.251 e. The summed E-state index contributed by atoms with van der Waals surface area (Å²) in [4.78, 5) is 26.1. The van der Waals surface area contributed by atoms with Gasteiger partial charge in [-0.2, -0.15) is 5.10 Å². The molecule has 0 aliphatic carbocycles. The van der Waals surface area contributed by atoms with Crippen LogP contribution >= 0.6 is 0 Å². The Hall–Kier alpha value is -2.63. The van der Waals surface area contributed by atoms with E-state index in [-0.39, 0.29) is 11.8 Å². The molecule has 1 aliphatic rings. The molecule has 1 N–H and O–H groups in total. The molecule has 0 bridgehead atoms. The molecule has 2 amide bonds. The lowest BCUT2D eigenvalue weighted by Gasteiger charge is -2.27. The second kappa shape index (κ2) is 7.51. The van der Waals surface area contributed by atoms with Crippen molar-refractivity contribution in [3.8, 4) is 0 Å². The van der Waals surface area contributed by atoms with E-state index in [2.05, 4.69) is 17.3 Å². The molecule has 0 saturated carbocycles. The van der Waals surface area contributed by atoms with Crippen molar-refractivity contribution >= 4 is 17.6 Å². The van der Waals surface area contributed by atoms with Crippen molar-refractivity contribution in [1.82, 2.24) is 15.1 Å². The highest BCUT2D eigenvalue weighted by molar-refractivity contribution is 5.95. The number of amides is 2. The van der Waals surface area contributed by atoms with Crippen LogP contribution in [0.1, 0.15) is 47.8 Å². The number of fused-ring (bicyclic) bond motifs is 1. The minimum atomic E-state index is -0.0530. The van der Waals surface area contributed by atoms with Gasteiger partial charge in [0.25, 0.3) is 5.91 Å². The number of hydrogen-bond acceptors (Lipinski definition) is 3. The molecule has 2 aromatic rings. The maximum absolute atomic E-state index is 12.3. The molecular formula is C19H24N4O2. The molecule has 6 heteroatoms. The molecule has 2 heterocycles. The fraction of sp³-hybridized carbons (Fsp3) is 0.421. The number of hydrogen-bond donors (Lipinski definition) is 1. The SMILES string of the molecule is CCCCNC(=O)c1ccc(CN2C(=O)CCn3nc(C)cc32)cc1. The fourth-order valence-corrected chi connectivity index (χ4v) is 2.97. The van der Waals surface area contributed by atoms with Crippen molar-refractivity contribution in [3.63, 3.8) is 0 Å². The van der Waals surface area contributed by atoms with Crippen molar-refractivity contribution in [1.29, 1.82) is 0 Å². The predicted molar refractivity (Wildman–Crippen MR) is 96.5 cm³/mol. The molecule has 6 nitrogen and oxygen atoms in total. The first-order valence-electron chi connectivity index (χ1n) is 8.80. The number of carbonyl (C=O) groups is 2. The van der Waals surface area contributed by atoms with Gasteiger partial charge in [-0.1, -0.05) is 25.5 Å². The Bertz CT molecular complexity index is 764. The summed E-state index contributed by atoms with van der Waals surface area (Å²) < 4.78 is 1.88. The van der Waals surface area contributed by atoms with Gasteiger partial charge in [-0.05, 0) is 31.0 Å². The molecule has 0 unspecified atom stereocenters. The maximum Gasteiger partial charge on any atom is 0.251 e. The average Bonchev–Trinajstić information content (AvgIpc) is 2.99. The first-order chi connectivity index (χ1) is 12.1. The number of aromatic nitrogens is 2. The lowest BCUT2D eigenvalue weighted by molar-refractivity contribution is -0.119. The van der Waals surface area contributed by atoms with Crippen LogP contribution < -0.4 is 10.2 Å². The first kappa shape index (κ1) is 17.2. The quantitative estimate of drug-likeness (QED) is 0.822. The molecule has 0 fully saturated rings. The van der Waals surface area contributed by atoms with Crippen LogP contribution in [0, 0.1) is 6.92 Å². The van der Waals surface area contributed by atoms with E-state index in [1.807, 2.05) is 41.9 Å². The summed E-state index contributed by atoms with van der Waals surface area (Å²) in [5.74, 6) is 0.895. The lowest BCUT2D eigenvalue weighted by atomic mass is 10.1. The van der Waals surface area contributed by atoms with Crippen molar-refractivity contribution in [2.24, 2.45) is 0 Å². The van der Waals surface area contributed by atoms with Crippen molar-refractivity contribution in [3.05, 3.63) is 47.2 Å². The van der Waals surface area contributed by atoms with Crippen LogP contribution in [-0.2, 0) is 17.9 Å². The standard InChI is InChI=1S/C19H24N4O2/c1-3-4-10-20-19(25)16-7-5-15(6-8-16)13-22-17-12-14(2)21-23(17)11-9-18(22)24/h5-8,12H,3-4,9-11,13H2,1-2H3,(H,20,25). The summed E-state index contributed by atoms with van der Waals surface area (Å²) in [6, 6.07) is 9.38. The van der Waals surface area contributed by atoms with Crippen LogP contribution in [0.5, 0.6) is 0 Å². The highest BCUT2D eigenvalue weighted by Crippen LogP contribution is 2.24. The van der Waals surface area contributed by atoms with E-state index in [0.717, 1.165) is 29.9 Å². The molecule has 25 heavy (non-hydrogen) atoms. The third-order valence-electron chi connectivity index (χ3n) is 4.37. The van der Waals surface area contributed by atoms with Crippen LogP contribution in [0.25, 0.3) is 0 Å². The molecule has 3 rings (SSSR count). The Balaban J connectivity index is 1.69. The number of nitrogens with one attached hydrogen (secondary N) is 1. The molecule has 1 aromatic carbocycles. The summed E-state index contributed by atoms with van der Waals surface area (Å²) >= 11 is 0. The van der Waals surface area contributed by atoms with Crippen LogP contribution in [0.2, 0.25) is 0 Å². The fourth-order valence-electron chi connectivity index (χ4n) is 2.97. The Kier molecular flexibility index (Phi) is 5.16. The van der Waals surface area contributed by atoms with Gasteiger partial charge >= 0.3 is 0 Å². The third kappa shape index (κ3) is 3.90. The summed E-state index contributed by atoms with van der Waals surface area (Å²) in [6.07, 6.45) is 2.50. The van der Waals surface area contributed by atoms with Gasteiger partial charge in [0.2, 0.25) is 5.91 Å². The van der Waals surface area contributed by atoms with Gasteiger partial charge in [-0.3, -0.25) is 14.5 Å². The van der Waals surface area contributed by atoms with Gasteiger partial charge in [0.05, 0.1) is 18.8 Å². The molecule has 132 valence electrons. The summed E-state index contributed by atoms with van der Waals surface area (Å²) in [7, 11) is 0. The van der Waals surface area contributed by atoms with Crippen LogP contribution in [0.3, 0.4) is 0 Å². The summed E-state index contributed by atoms with van der Waals surface area (Å²) in [5.41, 5.74) is 2.55. The number of unbranched alkanes of at least 4 members (excludes halogenated alkanes) is 1. The van der Waals surface area contributed by atoms with E-state index in [9.17, 15) is 9.59 Å². The molecular weight excluding hydrogens is 316 g/mol. The second-order valence-corrected chi connectivity index (χ2v) is 6.40. The van der Waals surface area contributed by atoms with Gasteiger partial charge in [0, 0.05) is 24.6 Å². The number of nitrogens with zero attached hydrogens (tertiary/aromatic N) is 3. The van der Waals surface area contributed by atoms with E-state index in [1.165, 1.54) is 0 Å². The minimum Gasteiger partial charge on any atom is -0.352 e. The van der Waals surface area contributed by atoms with Gasteiger partial charge in [0.1, 0.15) is 5.82 Å². The van der Waals surface area contributed by atoms with E-state index in [4.69, 9.17) is 0 Å². The molecule has 0 atom stereocenters. The largest absolute Gasteiger partial charge is 0.352 e. The van der Waals surface area contributed by atoms with Crippen molar-refractivity contribution in [2.75, 3.05) is 11.4 Å². The Labute approximate surface area is 147 Å². The summed E-state index contributed by atoms with van der Waals surface area (Å²) in [5, 5.41) is 7.33. The number of anilines is 1. The average molecular weight is 340 g/mol. The minimum absolute atomic E-state index is 0.0530. The van der Waals surface area contributed by atoms with Crippen LogP contribution in [0.4, 0.5) is 5.82 Å². The zero-order chi connectivity index (χ0) is 17.8. The van der Waals surface area contributed by atoms with Gasteiger partial charge in [0.15, 0.2) is 0 Å². The Morgan fingerprint density at radius 3 is 2.76 bits per heavy atom. The number of carbonyl (C=O) groups excluding carboxylic acids is 2. The van der Waals surface area contributed by atoms with Crippen LogP contribution in [-0.4, -0.2) is 28.1 Å².